The van der Waals surface area contributed by atoms with E-state index in [2.05, 4.69) is 30.3 Å². The quantitative estimate of drug-likeness (QED) is 0.207. The van der Waals surface area contributed by atoms with Crippen LogP contribution >= 0.6 is 0 Å². The van der Waals surface area contributed by atoms with Gasteiger partial charge in [-0.25, -0.2) is 10.2 Å². The maximum absolute atomic E-state index is 12.5. The van der Waals surface area contributed by atoms with E-state index in [0.29, 0.717) is 48.1 Å². The van der Waals surface area contributed by atoms with Gasteiger partial charge in [-0.15, -0.1) is 0 Å². The van der Waals surface area contributed by atoms with E-state index in [1.807, 2.05) is 19.1 Å². The number of nitrogens with zero attached hydrogens (tertiary/aromatic N) is 6. The standard InChI is InChI=1S/C27H31N7O4/c1-19-5-8-21(9-6-19)24(35)38-22-10-7-20(17-23(22)36-2)18-28-32-25-29-26(33-11-3-4-12-33)31-27(30-25)34-13-15-37-16-14-34/h5-10,17-18H,3-4,11-16H2,1-2H3,(H,29,30,31,32)/b28-18-. The Kier molecular flexibility index (Phi) is 7.93. The summed E-state index contributed by atoms with van der Waals surface area (Å²) in [5, 5.41) is 4.33. The number of methoxy groups -OCH3 is 1. The molecule has 0 radical (unpaired) electrons. The van der Waals surface area contributed by atoms with Crippen LogP contribution < -0.4 is 24.7 Å². The van der Waals surface area contributed by atoms with Crippen molar-refractivity contribution in [2.75, 3.05) is 61.7 Å². The molecule has 198 valence electrons. The monoisotopic (exact) mass is 517 g/mol. The first kappa shape index (κ1) is 25.4. The van der Waals surface area contributed by atoms with Gasteiger partial charge in [-0.2, -0.15) is 20.1 Å². The van der Waals surface area contributed by atoms with Crippen LogP contribution in [0.5, 0.6) is 11.5 Å². The molecule has 3 aromatic rings. The van der Waals surface area contributed by atoms with Crippen LogP contribution in [0.15, 0.2) is 47.6 Å². The van der Waals surface area contributed by atoms with Gasteiger partial charge < -0.3 is 24.0 Å². The fraction of sp³-hybridized carbons (Fsp3) is 0.370. The van der Waals surface area contributed by atoms with Crippen molar-refractivity contribution in [2.24, 2.45) is 5.10 Å². The van der Waals surface area contributed by atoms with Crippen LogP contribution in [0, 0.1) is 6.92 Å². The molecular weight excluding hydrogens is 486 g/mol. The number of esters is 1. The number of anilines is 3. The maximum atomic E-state index is 12.5. The average Bonchev–Trinajstić information content (AvgIpc) is 3.50. The first-order valence-corrected chi connectivity index (χ1v) is 12.7. The summed E-state index contributed by atoms with van der Waals surface area (Å²) in [5.74, 6) is 1.93. The van der Waals surface area contributed by atoms with E-state index in [9.17, 15) is 4.79 Å². The van der Waals surface area contributed by atoms with Gasteiger partial charge >= 0.3 is 5.97 Å². The van der Waals surface area contributed by atoms with Crippen molar-refractivity contribution in [1.29, 1.82) is 0 Å². The Morgan fingerprint density at radius 2 is 1.63 bits per heavy atom. The molecule has 0 atom stereocenters. The molecule has 2 aromatic carbocycles. The van der Waals surface area contributed by atoms with Gasteiger partial charge in [0.15, 0.2) is 11.5 Å². The fourth-order valence-electron chi connectivity index (χ4n) is 4.23. The van der Waals surface area contributed by atoms with Crippen molar-refractivity contribution in [3.63, 3.8) is 0 Å². The lowest BCUT2D eigenvalue weighted by Crippen LogP contribution is -2.38. The van der Waals surface area contributed by atoms with Crippen LogP contribution in [0.3, 0.4) is 0 Å². The summed E-state index contributed by atoms with van der Waals surface area (Å²) < 4.78 is 16.5. The van der Waals surface area contributed by atoms with E-state index < -0.39 is 5.97 Å². The van der Waals surface area contributed by atoms with Gasteiger partial charge in [-0.3, -0.25) is 0 Å². The van der Waals surface area contributed by atoms with Crippen LogP contribution in [-0.2, 0) is 4.74 Å². The van der Waals surface area contributed by atoms with Crippen molar-refractivity contribution < 1.29 is 19.0 Å². The number of hydrazone groups is 1. The van der Waals surface area contributed by atoms with E-state index >= 15 is 0 Å². The Labute approximate surface area is 221 Å². The first-order chi connectivity index (χ1) is 18.6. The Balaban J connectivity index is 1.29. The number of aryl methyl sites for hydroxylation is 1. The molecule has 11 heteroatoms. The molecule has 0 spiro atoms. The minimum Gasteiger partial charge on any atom is -0.493 e. The van der Waals surface area contributed by atoms with Crippen molar-refractivity contribution in [3.05, 3.63) is 59.2 Å². The highest BCUT2D eigenvalue weighted by molar-refractivity contribution is 5.91. The minimum absolute atomic E-state index is 0.325. The number of rotatable bonds is 8. The number of carbonyl (C=O) groups is 1. The smallest absolute Gasteiger partial charge is 0.343 e. The summed E-state index contributed by atoms with van der Waals surface area (Å²) in [5.41, 5.74) is 5.22. The highest BCUT2D eigenvalue weighted by Crippen LogP contribution is 2.28. The summed E-state index contributed by atoms with van der Waals surface area (Å²) in [4.78, 5) is 30.7. The molecule has 2 aliphatic rings. The molecule has 0 amide bonds. The van der Waals surface area contributed by atoms with E-state index in [1.54, 1.807) is 36.5 Å². The SMILES string of the molecule is COc1cc(/C=N\Nc2nc(N3CCCC3)nc(N3CCOCC3)n2)ccc1OC(=O)c1ccc(C)cc1. The van der Waals surface area contributed by atoms with E-state index in [-0.39, 0.29) is 0 Å². The third kappa shape index (κ3) is 6.17. The summed E-state index contributed by atoms with van der Waals surface area (Å²) in [6.45, 7) is 6.56. The zero-order valence-electron chi connectivity index (χ0n) is 21.6. The van der Waals surface area contributed by atoms with E-state index in [4.69, 9.17) is 19.2 Å². The van der Waals surface area contributed by atoms with Gasteiger partial charge in [0.2, 0.25) is 17.8 Å². The zero-order valence-corrected chi connectivity index (χ0v) is 21.6. The minimum atomic E-state index is -0.453. The Morgan fingerprint density at radius 1 is 0.947 bits per heavy atom. The third-order valence-corrected chi connectivity index (χ3v) is 6.35. The Morgan fingerprint density at radius 3 is 2.32 bits per heavy atom. The summed E-state index contributed by atoms with van der Waals surface area (Å²) in [7, 11) is 1.52. The average molecular weight is 518 g/mol. The molecule has 11 nitrogen and oxygen atoms in total. The van der Waals surface area contributed by atoms with Gasteiger partial charge in [0, 0.05) is 26.2 Å². The molecule has 3 heterocycles. The van der Waals surface area contributed by atoms with Gasteiger partial charge in [-0.05, 0) is 55.7 Å². The maximum Gasteiger partial charge on any atom is 0.343 e. The molecule has 0 unspecified atom stereocenters. The van der Waals surface area contributed by atoms with Crippen LogP contribution in [-0.4, -0.2) is 73.6 Å². The molecule has 5 rings (SSSR count). The number of morpholine rings is 1. The number of nitrogens with one attached hydrogen (secondary N) is 1. The highest BCUT2D eigenvalue weighted by Gasteiger charge is 2.21. The lowest BCUT2D eigenvalue weighted by atomic mass is 10.1. The number of aromatic nitrogens is 3. The highest BCUT2D eigenvalue weighted by atomic mass is 16.6. The number of hydrogen-bond acceptors (Lipinski definition) is 11. The van der Waals surface area contributed by atoms with Crippen molar-refractivity contribution in [3.8, 4) is 11.5 Å². The molecule has 2 aliphatic heterocycles. The second-order valence-corrected chi connectivity index (χ2v) is 9.09. The normalized spacial score (nSPS) is 15.6. The molecule has 0 bridgehead atoms. The summed E-state index contributed by atoms with van der Waals surface area (Å²) in [6.07, 6.45) is 3.87. The number of benzene rings is 2. The molecule has 1 aromatic heterocycles. The second-order valence-electron chi connectivity index (χ2n) is 9.09. The van der Waals surface area contributed by atoms with Crippen LogP contribution in [0.1, 0.15) is 34.3 Å². The second kappa shape index (κ2) is 11.9. The third-order valence-electron chi connectivity index (χ3n) is 6.35. The molecule has 0 aliphatic carbocycles. The predicted octanol–water partition coefficient (Wildman–Crippen LogP) is 3.29. The van der Waals surface area contributed by atoms with Gasteiger partial charge in [0.25, 0.3) is 0 Å². The lowest BCUT2D eigenvalue weighted by molar-refractivity contribution is 0.0729. The Hall–Kier alpha value is -4.25. The fourth-order valence-corrected chi connectivity index (χ4v) is 4.23. The summed E-state index contributed by atoms with van der Waals surface area (Å²) >= 11 is 0. The first-order valence-electron chi connectivity index (χ1n) is 12.7. The van der Waals surface area contributed by atoms with Crippen LogP contribution in [0.2, 0.25) is 0 Å². The van der Waals surface area contributed by atoms with Crippen molar-refractivity contribution in [1.82, 2.24) is 15.0 Å². The largest absolute Gasteiger partial charge is 0.493 e. The number of carbonyl (C=O) groups excluding carboxylic acids is 1. The number of ether oxygens (including phenoxy) is 3. The van der Waals surface area contributed by atoms with Gasteiger partial charge in [0.05, 0.1) is 32.1 Å². The molecule has 1 N–H and O–H groups in total. The van der Waals surface area contributed by atoms with Gasteiger partial charge in [-0.1, -0.05) is 17.7 Å². The zero-order chi connectivity index (χ0) is 26.3. The lowest BCUT2D eigenvalue weighted by Gasteiger charge is -2.27. The van der Waals surface area contributed by atoms with Crippen molar-refractivity contribution in [2.45, 2.75) is 19.8 Å². The summed E-state index contributed by atoms with van der Waals surface area (Å²) in [6, 6.07) is 12.4. The van der Waals surface area contributed by atoms with Crippen molar-refractivity contribution >= 4 is 30.0 Å². The van der Waals surface area contributed by atoms with Gasteiger partial charge in [0.1, 0.15) is 0 Å². The Bertz CT molecular complexity index is 1290. The van der Waals surface area contributed by atoms with E-state index in [0.717, 1.165) is 50.1 Å². The molecule has 0 saturated carbocycles. The molecule has 2 fully saturated rings. The number of hydrogen-bond donors (Lipinski definition) is 1. The van der Waals surface area contributed by atoms with Crippen LogP contribution in [0.25, 0.3) is 0 Å². The topological polar surface area (TPSA) is 114 Å². The predicted molar refractivity (Wildman–Crippen MR) is 145 cm³/mol. The molecule has 2 saturated heterocycles. The van der Waals surface area contributed by atoms with Crippen LogP contribution in [0.4, 0.5) is 17.8 Å². The van der Waals surface area contributed by atoms with E-state index in [1.165, 1.54) is 7.11 Å². The molecular formula is C27H31N7O4. The molecule has 38 heavy (non-hydrogen) atoms.